The van der Waals surface area contributed by atoms with Crippen LogP contribution >= 0.6 is 0 Å². The molecule has 11 N–H and O–H groups in total. The third-order valence-corrected chi connectivity index (χ3v) is 24.0. The molecular formula is C105H83N35O4. The standard InChI is InChI=1S/C27H23N9O.C26H19N9O.C26H21N9O.C26H20N8O/c1-15(2)7-23(37)32-18-8-16(10-28-12-18)17-9-19-25(35-36-26(19)31-11-17)27-33-22-14-29-13-20(24(22)34-27)21-5-3-4-6-30-21;36-26(14-4-5-14)31-17-7-15(9-27-11-17)16-8-18-23(34-35-24(18)30-10-16)25-32-21-13-28-12-19(22(21)33-25)20-3-1-2-6-29-20;1-14(2)26(36)31-17-7-15(9-27-11-17)16-8-18-23(34-35-24(18)30-10-16)25-32-21-13-28-12-19(22(21)33-25)20-5-3-4-6-29-20;1-2-18(35)10-17-7-6-15(11-29-17)16-9-19-24(33-34-25(19)30-12-16)26-31-22-14-27-13-20(23(22)32-26)21-5-3-4-8-28-21/h3-6,8-15H,7H2,1-2H3,(H,32,37)(H,33,34)(H,31,35,36);1-3,6-14H,4-5H2,(H,31,36)(H,32,33)(H,30,34,35);3-14H,1-2H3,(H,31,36)(H,32,33)(H,30,34,35);3-9,11-14H,2,10H2,1H3,(H,31,32)(H,30,33,34). The van der Waals surface area contributed by atoms with Gasteiger partial charge in [0.2, 0.25) is 17.7 Å². The fraction of sp³-hybridized carbons (Fsp3) is 0.124. The van der Waals surface area contributed by atoms with Crippen LogP contribution < -0.4 is 16.0 Å². The Kier molecular flexibility index (Phi) is 24.2. The summed E-state index contributed by atoms with van der Waals surface area (Å²) in [7, 11) is 0. The van der Waals surface area contributed by atoms with Gasteiger partial charge in [0.15, 0.2) is 45.9 Å². The molecule has 1 aliphatic carbocycles. The maximum atomic E-state index is 12.2. The third kappa shape index (κ3) is 18.8. The lowest BCUT2D eigenvalue weighted by atomic mass is 10.1. The van der Waals surface area contributed by atoms with Gasteiger partial charge in [0, 0.05) is 203 Å². The number of Topliss-reactive ketones (excluding diaryl/α,β-unsaturated/α-hetero) is 1. The summed E-state index contributed by atoms with van der Waals surface area (Å²) in [5.74, 6) is 2.88. The van der Waals surface area contributed by atoms with E-state index in [0.717, 1.165) is 179 Å². The van der Waals surface area contributed by atoms with E-state index in [9.17, 15) is 19.2 Å². The van der Waals surface area contributed by atoms with E-state index in [1.54, 1.807) is 143 Å². The molecule has 144 heavy (non-hydrogen) atoms. The molecule has 0 atom stereocenters. The second-order valence-corrected chi connectivity index (χ2v) is 34.9. The average Bonchev–Trinajstić information content (AvgIpc) is 1.63. The van der Waals surface area contributed by atoms with Gasteiger partial charge in [0.25, 0.3) is 0 Å². The number of aromatic amines is 8. The molecule has 39 heteroatoms. The molecule has 0 spiro atoms. The fourth-order valence-electron chi connectivity index (χ4n) is 16.5. The number of hydrogen-bond donors (Lipinski definition) is 11. The molecule has 39 nitrogen and oxygen atoms in total. The Bertz CT molecular complexity index is 8690. The molecule has 25 rings (SSSR count). The van der Waals surface area contributed by atoms with E-state index in [1.165, 1.54) is 0 Å². The third-order valence-electron chi connectivity index (χ3n) is 24.0. The van der Waals surface area contributed by atoms with Gasteiger partial charge in [-0.2, -0.15) is 20.4 Å². The van der Waals surface area contributed by atoms with Gasteiger partial charge in [-0.1, -0.05) is 65.0 Å². The van der Waals surface area contributed by atoms with Crippen molar-refractivity contribution in [1.29, 1.82) is 0 Å². The van der Waals surface area contributed by atoms with Crippen LogP contribution in [-0.2, 0) is 25.6 Å². The minimum Gasteiger partial charge on any atom is -0.335 e. The van der Waals surface area contributed by atoms with E-state index in [2.05, 4.69) is 156 Å². The summed E-state index contributed by atoms with van der Waals surface area (Å²) >= 11 is 0. The van der Waals surface area contributed by atoms with Crippen molar-refractivity contribution in [3.63, 3.8) is 0 Å². The second kappa shape index (κ2) is 39.0. The zero-order valence-corrected chi connectivity index (χ0v) is 77.5. The van der Waals surface area contributed by atoms with Gasteiger partial charge in [-0.3, -0.25) is 99.4 Å². The second-order valence-electron chi connectivity index (χ2n) is 34.9. The molecule has 1 fully saturated rings. The number of imidazole rings is 4. The number of ketones is 1. The minimum absolute atomic E-state index is 0.0379. The van der Waals surface area contributed by atoms with E-state index in [-0.39, 0.29) is 41.3 Å². The Labute approximate surface area is 815 Å². The number of amides is 3. The summed E-state index contributed by atoms with van der Waals surface area (Å²) < 4.78 is 0. The van der Waals surface area contributed by atoms with Crippen LogP contribution in [0.1, 0.15) is 66.0 Å². The lowest BCUT2D eigenvalue weighted by Crippen LogP contribution is -2.17. The van der Waals surface area contributed by atoms with Crippen molar-refractivity contribution < 1.29 is 19.2 Å². The highest BCUT2D eigenvalue weighted by atomic mass is 16.2. The molecule has 0 bridgehead atoms. The van der Waals surface area contributed by atoms with Crippen molar-refractivity contribution in [2.45, 2.75) is 66.7 Å². The summed E-state index contributed by atoms with van der Waals surface area (Å²) in [6.07, 6.45) is 43.1. The van der Waals surface area contributed by atoms with E-state index in [0.29, 0.717) is 99.3 Å². The Morgan fingerprint density at radius 3 is 0.979 bits per heavy atom. The van der Waals surface area contributed by atoms with Gasteiger partial charge in [-0.15, -0.1) is 0 Å². The van der Waals surface area contributed by atoms with Crippen molar-refractivity contribution in [2.75, 3.05) is 16.0 Å². The van der Waals surface area contributed by atoms with Gasteiger partial charge >= 0.3 is 0 Å². The summed E-state index contributed by atoms with van der Waals surface area (Å²) in [6.45, 7) is 9.57. The van der Waals surface area contributed by atoms with Crippen LogP contribution in [0.5, 0.6) is 0 Å². The maximum Gasteiger partial charge on any atom is 0.227 e. The number of aromatic nitrogens is 32. The molecule has 1 aliphatic rings. The molecule has 0 unspecified atom stereocenters. The van der Waals surface area contributed by atoms with Crippen LogP contribution in [0.25, 0.3) is 224 Å². The number of nitrogens with zero attached hydrogens (tertiary/aromatic N) is 24. The first-order valence-corrected chi connectivity index (χ1v) is 46.2. The number of fused-ring (bicyclic) bond motifs is 8. The number of anilines is 3. The lowest BCUT2D eigenvalue weighted by molar-refractivity contribution is -0.119. The summed E-state index contributed by atoms with van der Waals surface area (Å²) in [5, 5.41) is 41.7. The highest BCUT2D eigenvalue weighted by Gasteiger charge is 2.31. The number of carbonyl (C=O) groups excluding carboxylic acids is 4. The smallest absolute Gasteiger partial charge is 0.227 e. The first kappa shape index (κ1) is 89.5. The topological polar surface area (TPSA) is 540 Å². The number of rotatable bonds is 22. The zero-order chi connectivity index (χ0) is 97.8. The molecule has 0 saturated heterocycles. The van der Waals surface area contributed by atoms with Crippen LogP contribution in [0.15, 0.2) is 270 Å². The molecule has 24 aromatic heterocycles. The lowest BCUT2D eigenvalue weighted by Gasteiger charge is -2.09. The monoisotopic (exact) mass is 1900 g/mol. The number of pyridine rings is 16. The molecule has 24 heterocycles. The molecule has 3 amide bonds. The Balaban J connectivity index is 0.000000110. The van der Waals surface area contributed by atoms with Crippen molar-refractivity contribution >= 4 is 129 Å². The number of hydrogen-bond acceptors (Lipinski definition) is 28. The van der Waals surface area contributed by atoms with Gasteiger partial charge in [-0.25, -0.2) is 39.9 Å². The highest BCUT2D eigenvalue weighted by Crippen LogP contribution is 2.40. The Hall–Kier alpha value is -19.8. The van der Waals surface area contributed by atoms with E-state index in [4.69, 9.17) is 19.9 Å². The molecule has 0 aliphatic heterocycles. The van der Waals surface area contributed by atoms with E-state index in [1.807, 2.05) is 162 Å². The number of carbonyl (C=O) groups is 4. The van der Waals surface area contributed by atoms with Gasteiger partial charge in [0.1, 0.15) is 50.6 Å². The van der Waals surface area contributed by atoms with Gasteiger partial charge in [-0.05, 0) is 116 Å². The molecule has 0 radical (unpaired) electrons. The maximum absolute atomic E-state index is 12.2. The molecule has 702 valence electrons. The minimum atomic E-state index is -0.127. The number of nitrogens with one attached hydrogen (secondary N) is 11. The highest BCUT2D eigenvalue weighted by molar-refractivity contribution is 6.03. The first-order valence-electron chi connectivity index (χ1n) is 46.2. The summed E-state index contributed by atoms with van der Waals surface area (Å²) in [6, 6.07) is 40.5. The van der Waals surface area contributed by atoms with Crippen LogP contribution in [0.3, 0.4) is 0 Å². The van der Waals surface area contributed by atoms with E-state index < -0.39 is 0 Å². The normalized spacial score (nSPS) is 11.9. The predicted molar refractivity (Wildman–Crippen MR) is 545 cm³/mol. The first-order chi connectivity index (χ1) is 70.5. The zero-order valence-electron chi connectivity index (χ0n) is 77.5. The molecule has 1 saturated carbocycles. The van der Waals surface area contributed by atoms with Crippen LogP contribution in [-0.4, -0.2) is 184 Å². The Morgan fingerprint density at radius 1 is 0.340 bits per heavy atom. The van der Waals surface area contributed by atoms with Crippen molar-refractivity contribution in [3.8, 4) is 136 Å². The van der Waals surface area contributed by atoms with Crippen molar-refractivity contribution in [1.82, 2.24) is 160 Å². The number of H-pyrrole nitrogens is 8. The largest absolute Gasteiger partial charge is 0.335 e. The van der Waals surface area contributed by atoms with Gasteiger partial charge < -0.3 is 35.9 Å². The van der Waals surface area contributed by atoms with Crippen molar-refractivity contribution in [2.24, 2.45) is 17.8 Å². The van der Waals surface area contributed by atoms with Crippen LogP contribution in [0.4, 0.5) is 17.1 Å². The Morgan fingerprint density at radius 2 is 0.667 bits per heavy atom. The van der Waals surface area contributed by atoms with Crippen molar-refractivity contribution in [3.05, 3.63) is 276 Å². The quantitative estimate of drug-likeness (QED) is 0.0300. The SMILES string of the molecule is CC(C)C(=O)Nc1cncc(-c2cnc3n[nH]c(-c4nc5c(-c6ccccn6)cncc5[nH]4)c3c2)c1.CC(C)CC(=O)Nc1cncc(-c2cnc3n[nH]c(-c4nc5c(-c6ccccn6)cncc5[nH]4)c3c2)c1.CCC(=O)Cc1ccc(-c2cnc3n[nH]c(-c4nc5c(-c6ccccn6)cncc5[nH]4)c3c2)cn1.O=C(Nc1cncc(-c2cnc3n[nH]c(-c4nc5c(-c6ccccn6)cncc5[nH]4)c3c2)c1)C1CC1. The average molecular weight is 1900 g/mol. The molecule has 0 aromatic carbocycles. The molecular weight excluding hydrogens is 1820 g/mol. The van der Waals surface area contributed by atoms with Crippen LogP contribution in [0, 0.1) is 17.8 Å². The van der Waals surface area contributed by atoms with Gasteiger partial charge in [0.05, 0.1) is 127 Å². The fourth-order valence-corrected chi connectivity index (χ4v) is 16.5. The summed E-state index contributed by atoms with van der Waals surface area (Å²) in [5.41, 5.74) is 27.5. The van der Waals surface area contributed by atoms with E-state index >= 15 is 0 Å². The van der Waals surface area contributed by atoms with Crippen LogP contribution in [0.2, 0.25) is 0 Å². The molecule has 24 aromatic rings. The predicted octanol–water partition coefficient (Wildman–Crippen LogP) is 18.5. The summed E-state index contributed by atoms with van der Waals surface area (Å²) in [4.78, 5) is 152.